The van der Waals surface area contributed by atoms with Crippen molar-refractivity contribution in [1.29, 1.82) is 0 Å². The van der Waals surface area contributed by atoms with E-state index in [2.05, 4.69) is 5.32 Å². The van der Waals surface area contributed by atoms with E-state index in [0.29, 0.717) is 0 Å². The molecule has 5 heteroatoms. The molecule has 0 spiro atoms. The normalized spacial score (nSPS) is 21.1. The molecule has 0 aromatic heterocycles. The van der Waals surface area contributed by atoms with E-state index < -0.39 is 23.7 Å². The van der Waals surface area contributed by atoms with Gasteiger partial charge >= 0.3 is 7.12 Å². The Hall–Kier alpha value is -1.33. The van der Waals surface area contributed by atoms with Crippen LogP contribution < -0.4 is 5.32 Å². The van der Waals surface area contributed by atoms with Crippen LogP contribution >= 0.6 is 0 Å². The second-order valence-electron chi connectivity index (χ2n) is 8.24. The largest absolute Gasteiger partial charge is 0.486 e. The van der Waals surface area contributed by atoms with Crippen LogP contribution in [0.4, 0.5) is 0 Å². The number of rotatable bonds is 3. The van der Waals surface area contributed by atoms with Crippen LogP contribution in [0, 0.1) is 5.41 Å². The van der Waals surface area contributed by atoms with Crippen LogP contribution in [0.1, 0.15) is 60.0 Å². The van der Waals surface area contributed by atoms with Gasteiger partial charge in [0.15, 0.2) is 0 Å². The van der Waals surface area contributed by atoms with Gasteiger partial charge in [0, 0.05) is 5.41 Å². The van der Waals surface area contributed by atoms with E-state index in [4.69, 9.17) is 9.31 Å². The van der Waals surface area contributed by atoms with Gasteiger partial charge in [0.05, 0.1) is 17.1 Å². The summed E-state index contributed by atoms with van der Waals surface area (Å²) in [6, 6.07) is 9.83. The number of benzene rings is 1. The van der Waals surface area contributed by atoms with Crippen LogP contribution in [0.2, 0.25) is 0 Å². The Kier molecular flexibility index (Phi) is 4.66. The number of carbonyl (C=O) groups is 1. The van der Waals surface area contributed by atoms with E-state index in [-0.39, 0.29) is 11.8 Å². The van der Waals surface area contributed by atoms with Crippen molar-refractivity contribution in [2.45, 2.75) is 65.6 Å². The predicted molar refractivity (Wildman–Crippen MR) is 92.9 cm³/mol. The maximum Gasteiger partial charge on any atom is 0.486 e. The zero-order valence-corrected chi connectivity index (χ0v) is 15.3. The lowest BCUT2D eigenvalue weighted by Gasteiger charge is -2.32. The fourth-order valence-electron chi connectivity index (χ4n) is 2.35. The van der Waals surface area contributed by atoms with Gasteiger partial charge in [-0.3, -0.25) is 4.79 Å². The summed E-state index contributed by atoms with van der Waals surface area (Å²) in [6.07, 6.45) is 0. The Morgan fingerprint density at radius 1 is 1.04 bits per heavy atom. The first-order chi connectivity index (χ1) is 10.4. The van der Waals surface area contributed by atoms with Gasteiger partial charge in [-0.25, -0.2) is 0 Å². The maximum absolute atomic E-state index is 12.5. The average Bonchev–Trinajstić information content (AvgIpc) is 2.64. The summed E-state index contributed by atoms with van der Waals surface area (Å²) in [6.45, 7) is 13.8. The third-order valence-corrected chi connectivity index (χ3v) is 4.67. The van der Waals surface area contributed by atoms with E-state index in [1.165, 1.54) is 0 Å². The number of amides is 1. The molecule has 0 aliphatic carbocycles. The monoisotopic (exact) mass is 317 g/mol. The zero-order chi connectivity index (χ0) is 17.5. The fourth-order valence-corrected chi connectivity index (χ4v) is 2.35. The minimum Gasteiger partial charge on any atom is -0.402 e. The second-order valence-corrected chi connectivity index (χ2v) is 8.24. The van der Waals surface area contributed by atoms with Crippen molar-refractivity contribution in [3.63, 3.8) is 0 Å². The van der Waals surface area contributed by atoms with E-state index >= 15 is 0 Å². The smallest absolute Gasteiger partial charge is 0.402 e. The molecule has 0 radical (unpaired) electrons. The van der Waals surface area contributed by atoms with Crippen molar-refractivity contribution in [3.05, 3.63) is 35.9 Å². The van der Waals surface area contributed by atoms with E-state index in [0.717, 1.165) is 5.56 Å². The molecule has 0 bridgehead atoms. The average molecular weight is 317 g/mol. The van der Waals surface area contributed by atoms with Crippen LogP contribution in [-0.4, -0.2) is 24.2 Å². The number of hydrogen-bond acceptors (Lipinski definition) is 3. The minimum absolute atomic E-state index is 0.0268. The molecule has 1 aromatic carbocycles. The topological polar surface area (TPSA) is 47.6 Å². The van der Waals surface area contributed by atoms with Gasteiger partial charge in [-0.15, -0.1) is 0 Å². The Labute approximate surface area is 140 Å². The van der Waals surface area contributed by atoms with Crippen LogP contribution in [0.5, 0.6) is 0 Å². The Morgan fingerprint density at radius 2 is 1.52 bits per heavy atom. The highest BCUT2D eigenvalue weighted by Gasteiger charge is 2.54. The summed E-state index contributed by atoms with van der Waals surface area (Å²) in [5.41, 5.74) is -0.367. The second kappa shape index (κ2) is 5.95. The molecule has 0 saturated carbocycles. The highest BCUT2D eigenvalue weighted by Crippen LogP contribution is 2.40. The third-order valence-electron chi connectivity index (χ3n) is 4.67. The first-order valence-corrected chi connectivity index (χ1v) is 8.16. The Morgan fingerprint density at radius 3 is 1.96 bits per heavy atom. The molecule has 1 N–H and O–H groups in total. The highest BCUT2D eigenvalue weighted by molar-refractivity contribution is 6.47. The lowest BCUT2D eigenvalue weighted by molar-refractivity contribution is -0.129. The minimum atomic E-state index is -0.520. The van der Waals surface area contributed by atoms with Crippen molar-refractivity contribution < 1.29 is 14.1 Å². The third kappa shape index (κ3) is 3.78. The molecule has 1 saturated heterocycles. The first-order valence-electron chi connectivity index (χ1n) is 8.16. The molecule has 1 amide bonds. The summed E-state index contributed by atoms with van der Waals surface area (Å²) in [5, 5.41) is 3.10. The van der Waals surface area contributed by atoms with Crippen molar-refractivity contribution in [2.75, 3.05) is 0 Å². The van der Waals surface area contributed by atoms with Gasteiger partial charge in [-0.05, 0) is 33.3 Å². The van der Waals surface area contributed by atoms with Gasteiger partial charge in [0.1, 0.15) is 0 Å². The first kappa shape index (κ1) is 18.0. The fraction of sp³-hybridized carbons (Fsp3) is 0.611. The summed E-state index contributed by atoms with van der Waals surface area (Å²) in [7, 11) is -0.520. The van der Waals surface area contributed by atoms with Gasteiger partial charge < -0.3 is 14.6 Å². The molecule has 0 unspecified atom stereocenters. The molecule has 4 nitrogen and oxygen atoms in total. The van der Waals surface area contributed by atoms with Crippen LogP contribution in [-0.2, 0) is 14.1 Å². The lowest BCUT2D eigenvalue weighted by atomic mass is 9.73. The maximum atomic E-state index is 12.5. The van der Waals surface area contributed by atoms with Crippen LogP contribution in [0.15, 0.2) is 30.3 Å². The standard InChI is InChI=1S/C18H28BNO3/c1-16(2,3)15(21)20-14(13-11-9-8-10-12-13)19-22-17(4,5)18(6,7)23-19/h8-12,14H,1-7H3,(H,20,21)/t14-/m1/s1. The Bertz CT molecular complexity index is 547. The van der Waals surface area contributed by atoms with Gasteiger partial charge in [-0.2, -0.15) is 0 Å². The molecule has 1 aliphatic rings. The van der Waals surface area contributed by atoms with Gasteiger partial charge in [0.25, 0.3) is 0 Å². The lowest BCUT2D eigenvalue weighted by Crippen LogP contribution is -2.45. The molecule has 23 heavy (non-hydrogen) atoms. The van der Waals surface area contributed by atoms with Crippen molar-refractivity contribution >= 4 is 13.0 Å². The van der Waals surface area contributed by atoms with Gasteiger partial charge in [-0.1, -0.05) is 51.1 Å². The van der Waals surface area contributed by atoms with Crippen molar-refractivity contribution in [2.24, 2.45) is 5.41 Å². The highest BCUT2D eigenvalue weighted by atomic mass is 16.7. The summed E-state index contributed by atoms with van der Waals surface area (Å²) in [4.78, 5) is 12.5. The molecule has 1 atom stereocenters. The SMILES string of the molecule is CC(C)(C)C(=O)N[C@@H](B1OC(C)(C)C(C)(C)O1)c1ccccc1. The Balaban J connectivity index is 2.31. The number of hydrogen-bond donors (Lipinski definition) is 1. The predicted octanol–water partition coefficient (Wildman–Crippen LogP) is 3.52. The van der Waals surface area contributed by atoms with Gasteiger partial charge in [0.2, 0.25) is 5.91 Å². The van der Waals surface area contributed by atoms with Crippen molar-refractivity contribution in [3.8, 4) is 0 Å². The van der Waals surface area contributed by atoms with E-state index in [9.17, 15) is 4.79 Å². The molecular formula is C18H28BNO3. The molecule has 1 aromatic rings. The quantitative estimate of drug-likeness (QED) is 0.868. The molecule has 1 aliphatic heterocycles. The van der Waals surface area contributed by atoms with Crippen molar-refractivity contribution in [1.82, 2.24) is 5.32 Å². The number of carbonyl (C=O) groups excluding carboxylic acids is 1. The summed E-state index contributed by atoms with van der Waals surface area (Å²) in [5.74, 6) is -0.370. The van der Waals surface area contributed by atoms with Crippen LogP contribution in [0.25, 0.3) is 0 Å². The van der Waals surface area contributed by atoms with E-state index in [1.807, 2.05) is 78.8 Å². The zero-order valence-electron chi connectivity index (χ0n) is 15.3. The molecule has 1 heterocycles. The van der Waals surface area contributed by atoms with E-state index in [1.54, 1.807) is 0 Å². The molecular weight excluding hydrogens is 289 g/mol. The molecule has 1 fully saturated rings. The summed E-state index contributed by atoms with van der Waals surface area (Å²) >= 11 is 0. The number of nitrogens with one attached hydrogen (secondary N) is 1. The molecule has 2 rings (SSSR count). The molecule has 126 valence electrons. The summed E-state index contributed by atoms with van der Waals surface area (Å²) < 4.78 is 12.3. The van der Waals surface area contributed by atoms with Crippen LogP contribution in [0.3, 0.4) is 0 Å².